The van der Waals surface area contributed by atoms with Crippen LogP contribution in [0.15, 0.2) is 0 Å². The molecule has 3 fully saturated rings. The van der Waals surface area contributed by atoms with Gasteiger partial charge < -0.3 is 10.1 Å². The molecule has 4 rings (SSSR count). The van der Waals surface area contributed by atoms with E-state index in [0.29, 0.717) is 0 Å². The van der Waals surface area contributed by atoms with Crippen molar-refractivity contribution in [2.24, 2.45) is 0 Å². The van der Waals surface area contributed by atoms with Gasteiger partial charge in [0.15, 0.2) is 0 Å². The van der Waals surface area contributed by atoms with Crippen molar-refractivity contribution in [3.05, 3.63) is 15.6 Å². The van der Waals surface area contributed by atoms with Gasteiger partial charge in [0.2, 0.25) is 0 Å². The van der Waals surface area contributed by atoms with E-state index in [4.69, 9.17) is 9.72 Å². The highest BCUT2D eigenvalue weighted by atomic mass is 32.1. The molecule has 0 aromatic carbocycles. The number of thiazole rings is 1. The fourth-order valence-electron chi connectivity index (χ4n) is 3.53. The average Bonchev–Trinajstić information content (AvgIpc) is 3.41. The second-order valence-electron chi connectivity index (χ2n) is 6.89. The molecule has 0 bridgehead atoms. The maximum Gasteiger partial charge on any atom is 0.125 e. The summed E-state index contributed by atoms with van der Waals surface area (Å²) < 4.78 is 6.21. The summed E-state index contributed by atoms with van der Waals surface area (Å²) in [5, 5.41) is 4.95. The Balaban J connectivity index is 1.59. The third-order valence-corrected chi connectivity index (χ3v) is 6.30. The van der Waals surface area contributed by atoms with Gasteiger partial charge in [-0.05, 0) is 45.4 Å². The van der Waals surface area contributed by atoms with E-state index in [9.17, 15) is 0 Å². The smallest absolute Gasteiger partial charge is 0.125 e. The lowest BCUT2D eigenvalue weighted by atomic mass is 10.0. The van der Waals surface area contributed by atoms with Gasteiger partial charge in [0.25, 0.3) is 0 Å². The summed E-state index contributed by atoms with van der Waals surface area (Å²) in [4.78, 5) is 6.59. The van der Waals surface area contributed by atoms with Crippen LogP contribution in [0.3, 0.4) is 0 Å². The summed E-state index contributed by atoms with van der Waals surface area (Å²) in [5.74, 6) is 0.742. The molecule has 3 saturated carbocycles. The molecule has 0 radical (unpaired) electrons. The van der Waals surface area contributed by atoms with Crippen LogP contribution >= 0.6 is 11.3 Å². The number of hydrogen-bond acceptors (Lipinski definition) is 4. The monoisotopic (exact) mass is 306 g/mol. The summed E-state index contributed by atoms with van der Waals surface area (Å²) in [6, 6.07) is 0.773. The van der Waals surface area contributed by atoms with Crippen molar-refractivity contribution in [2.45, 2.75) is 82.4 Å². The van der Waals surface area contributed by atoms with Crippen LogP contribution in [0.25, 0.3) is 0 Å². The fraction of sp³-hybridized carbons (Fsp3) is 0.824. The Hall–Kier alpha value is -0.450. The molecule has 1 N–H and O–H groups in total. The third-order valence-electron chi connectivity index (χ3n) is 5.04. The first-order valence-corrected chi connectivity index (χ1v) is 9.50. The molecule has 1 aromatic heterocycles. The van der Waals surface area contributed by atoms with E-state index in [1.165, 1.54) is 54.1 Å². The lowest BCUT2D eigenvalue weighted by Crippen LogP contribution is -2.26. The van der Waals surface area contributed by atoms with Crippen LogP contribution < -0.4 is 5.32 Å². The van der Waals surface area contributed by atoms with Crippen LogP contribution in [-0.2, 0) is 16.9 Å². The van der Waals surface area contributed by atoms with Crippen LogP contribution in [0.5, 0.6) is 0 Å². The minimum absolute atomic E-state index is 0.0547. The van der Waals surface area contributed by atoms with Gasteiger partial charge in [0.1, 0.15) is 10.6 Å². The minimum atomic E-state index is -0.0547. The molecule has 0 aliphatic heterocycles. The van der Waals surface area contributed by atoms with Crippen LogP contribution in [0.4, 0.5) is 0 Å². The largest absolute Gasteiger partial charge is 0.368 e. The molecule has 0 atom stereocenters. The Labute approximate surface area is 131 Å². The van der Waals surface area contributed by atoms with Crippen molar-refractivity contribution in [2.75, 3.05) is 6.61 Å². The van der Waals surface area contributed by atoms with E-state index in [2.05, 4.69) is 12.2 Å². The normalized spacial score (nSPS) is 24.6. The van der Waals surface area contributed by atoms with E-state index >= 15 is 0 Å². The van der Waals surface area contributed by atoms with Crippen molar-refractivity contribution in [1.29, 1.82) is 0 Å². The number of rotatable bonds is 7. The first kappa shape index (κ1) is 14.2. The molecule has 3 aliphatic rings. The van der Waals surface area contributed by atoms with E-state index in [-0.39, 0.29) is 5.60 Å². The maximum atomic E-state index is 6.21. The first-order valence-electron chi connectivity index (χ1n) is 8.68. The van der Waals surface area contributed by atoms with Gasteiger partial charge >= 0.3 is 0 Å². The highest BCUT2D eigenvalue weighted by Crippen LogP contribution is 2.48. The van der Waals surface area contributed by atoms with E-state index in [0.717, 1.165) is 38.0 Å². The number of nitrogens with zero attached hydrogens (tertiary/aromatic N) is 1. The summed E-state index contributed by atoms with van der Waals surface area (Å²) in [5.41, 5.74) is 1.34. The van der Waals surface area contributed by atoms with Gasteiger partial charge in [-0.3, -0.25) is 0 Å². The predicted octanol–water partition coefficient (Wildman–Crippen LogP) is 4.08. The van der Waals surface area contributed by atoms with Crippen LogP contribution in [0.2, 0.25) is 0 Å². The predicted molar refractivity (Wildman–Crippen MR) is 85.7 cm³/mol. The number of aromatic nitrogens is 1. The molecule has 3 aliphatic carbocycles. The molecule has 0 unspecified atom stereocenters. The standard InChI is InChI=1S/C17H26N2OS/c1-2-20-17(9-3-4-10-17)16-19-15(12-5-6-12)14(21-16)11-18-13-7-8-13/h12-13,18H,2-11H2,1H3. The first-order chi connectivity index (χ1) is 10.3. The molecule has 116 valence electrons. The van der Waals surface area contributed by atoms with Gasteiger partial charge in [-0.1, -0.05) is 12.8 Å². The molecule has 1 heterocycles. The van der Waals surface area contributed by atoms with E-state index in [1.54, 1.807) is 0 Å². The van der Waals surface area contributed by atoms with Crippen molar-refractivity contribution < 1.29 is 4.74 Å². The van der Waals surface area contributed by atoms with Gasteiger partial charge in [-0.25, -0.2) is 4.98 Å². The molecule has 21 heavy (non-hydrogen) atoms. The Bertz CT molecular complexity index is 499. The maximum absolute atomic E-state index is 6.21. The van der Waals surface area contributed by atoms with Gasteiger partial charge in [-0.2, -0.15) is 0 Å². The molecule has 0 amide bonds. The van der Waals surface area contributed by atoms with E-state index in [1.807, 2.05) is 11.3 Å². The number of nitrogens with one attached hydrogen (secondary N) is 1. The molecule has 3 nitrogen and oxygen atoms in total. The minimum Gasteiger partial charge on any atom is -0.368 e. The zero-order chi connectivity index (χ0) is 14.3. The Morgan fingerprint density at radius 1 is 1.24 bits per heavy atom. The molecule has 4 heteroatoms. The zero-order valence-electron chi connectivity index (χ0n) is 13.0. The Kier molecular flexibility index (Phi) is 3.80. The quantitative estimate of drug-likeness (QED) is 0.824. The average molecular weight is 306 g/mol. The van der Waals surface area contributed by atoms with Crippen molar-refractivity contribution in [3.63, 3.8) is 0 Å². The summed E-state index contributed by atoms with van der Waals surface area (Å²) in [6.45, 7) is 3.94. The van der Waals surface area contributed by atoms with Gasteiger partial charge in [-0.15, -0.1) is 11.3 Å². The highest BCUT2D eigenvalue weighted by Gasteiger charge is 2.41. The van der Waals surface area contributed by atoms with Crippen molar-refractivity contribution in [1.82, 2.24) is 10.3 Å². The zero-order valence-corrected chi connectivity index (χ0v) is 13.8. The lowest BCUT2D eigenvalue weighted by molar-refractivity contribution is -0.0392. The molecule has 1 aromatic rings. The number of ether oxygens (including phenoxy) is 1. The molecular weight excluding hydrogens is 280 g/mol. The second-order valence-corrected chi connectivity index (χ2v) is 7.97. The van der Waals surface area contributed by atoms with Crippen LogP contribution in [0.1, 0.15) is 79.8 Å². The lowest BCUT2D eigenvalue weighted by Gasteiger charge is -2.26. The summed E-state index contributed by atoms with van der Waals surface area (Å²) in [7, 11) is 0. The van der Waals surface area contributed by atoms with Gasteiger partial charge in [0.05, 0.1) is 5.69 Å². The molecular formula is C17H26N2OS. The molecule has 0 spiro atoms. The Morgan fingerprint density at radius 2 is 2.00 bits per heavy atom. The highest BCUT2D eigenvalue weighted by molar-refractivity contribution is 7.11. The number of hydrogen-bond donors (Lipinski definition) is 1. The van der Waals surface area contributed by atoms with Crippen LogP contribution in [-0.4, -0.2) is 17.6 Å². The van der Waals surface area contributed by atoms with E-state index < -0.39 is 0 Å². The third kappa shape index (κ3) is 2.90. The SMILES string of the molecule is CCOC1(c2nc(C3CC3)c(CNC3CC3)s2)CCCC1. The van der Waals surface area contributed by atoms with Gasteiger partial charge in [0, 0.05) is 30.0 Å². The summed E-state index contributed by atoms with van der Waals surface area (Å²) in [6.07, 6.45) is 10.3. The van der Waals surface area contributed by atoms with Crippen molar-refractivity contribution in [3.8, 4) is 0 Å². The van der Waals surface area contributed by atoms with Crippen molar-refractivity contribution >= 4 is 11.3 Å². The second kappa shape index (κ2) is 5.64. The Morgan fingerprint density at radius 3 is 2.62 bits per heavy atom. The van der Waals surface area contributed by atoms with Crippen LogP contribution in [0, 0.1) is 0 Å². The topological polar surface area (TPSA) is 34.1 Å². The molecule has 0 saturated heterocycles. The fourth-order valence-corrected chi connectivity index (χ4v) is 4.83. The summed E-state index contributed by atoms with van der Waals surface area (Å²) >= 11 is 1.94.